The summed E-state index contributed by atoms with van der Waals surface area (Å²) in [6, 6.07) is 5.41. The maximum Gasteiger partial charge on any atom is 0.273 e. The van der Waals surface area contributed by atoms with E-state index in [2.05, 4.69) is 0 Å². The first-order chi connectivity index (χ1) is 7.07. The lowest BCUT2D eigenvalue weighted by Gasteiger charge is -2.13. The lowest BCUT2D eigenvalue weighted by Crippen LogP contribution is -2.20. The number of para-hydroxylation sites is 1. The Morgan fingerprint density at radius 2 is 2.00 bits per heavy atom. The summed E-state index contributed by atoms with van der Waals surface area (Å²) in [7, 11) is 0. The highest BCUT2D eigenvalue weighted by Crippen LogP contribution is 2.29. The molecule has 0 saturated heterocycles. The van der Waals surface area contributed by atoms with E-state index in [0.717, 1.165) is 0 Å². The molecule has 0 radical (unpaired) electrons. The van der Waals surface area contributed by atoms with E-state index >= 15 is 0 Å². The number of hydrogen-bond acceptors (Lipinski definition) is 3. The molecule has 0 aliphatic rings. The number of nitro benzene ring substituents is 1. The Kier molecular flexibility index (Phi) is 3.68. The fourth-order valence-electron chi connectivity index (χ4n) is 1.33. The summed E-state index contributed by atoms with van der Waals surface area (Å²) in [5, 5.41) is 10.6. The fraction of sp³-hybridized carbons (Fsp3) is 0.333. The molecule has 15 heavy (non-hydrogen) atoms. The third kappa shape index (κ3) is 2.47. The monoisotopic (exact) mass is 216 g/mol. The Bertz CT molecular complexity index is 358. The zero-order valence-corrected chi connectivity index (χ0v) is 7.77. The lowest BCUT2D eigenvalue weighted by atomic mass is 9.98. The second-order valence-electron chi connectivity index (χ2n) is 2.99. The maximum atomic E-state index is 12.5. The van der Waals surface area contributed by atoms with Crippen LogP contribution in [-0.2, 0) is 0 Å². The molecule has 0 amide bonds. The Labute approximate surface area is 84.9 Å². The molecule has 0 saturated carbocycles. The first-order valence-corrected chi connectivity index (χ1v) is 4.29. The molecular weight excluding hydrogens is 206 g/mol. The molecule has 0 spiro atoms. The van der Waals surface area contributed by atoms with Crippen LogP contribution in [0, 0.1) is 10.1 Å². The largest absolute Gasteiger partial charge is 0.330 e. The van der Waals surface area contributed by atoms with Crippen molar-refractivity contribution >= 4 is 5.69 Å². The molecule has 82 valence electrons. The first-order valence-electron chi connectivity index (χ1n) is 4.29. The molecule has 1 rings (SSSR count). The molecule has 1 atom stereocenters. The highest BCUT2D eigenvalue weighted by Gasteiger charge is 2.27. The van der Waals surface area contributed by atoms with Gasteiger partial charge < -0.3 is 5.73 Å². The molecule has 6 heteroatoms. The molecule has 2 N–H and O–H groups in total. The normalized spacial score (nSPS) is 12.8. The van der Waals surface area contributed by atoms with Crippen molar-refractivity contribution in [2.45, 2.75) is 12.3 Å². The SMILES string of the molecule is NCC(c1ccccc1[N+](=O)[O-])C(F)F. The summed E-state index contributed by atoms with van der Waals surface area (Å²) >= 11 is 0. The predicted molar refractivity (Wildman–Crippen MR) is 50.9 cm³/mol. The van der Waals surface area contributed by atoms with Gasteiger partial charge in [0.15, 0.2) is 0 Å². The van der Waals surface area contributed by atoms with Gasteiger partial charge in [0.2, 0.25) is 6.43 Å². The minimum Gasteiger partial charge on any atom is -0.330 e. The van der Waals surface area contributed by atoms with Gasteiger partial charge in [0.05, 0.1) is 10.8 Å². The third-order valence-electron chi connectivity index (χ3n) is 2.09. The van der Waals surface area contributed by atoms with Gasteiger partial charge in [-0.1, -0.05) is 18.2 Å². The van der Waals surface area contributed by atoms with Gasteiger partial charge in [0, 0.05) is 18.2 Å². The summed E-state index contributed by atoms with van der Waals surface area (Å²) in [4.78, 5) is 9.90. The van der Waals surface area contributed by atoms with Crippen LogP contribution in [0.15, 0.2) is 24.3 Å². The Morgan fingerprint density at radius 1 is 1.40 bits per heavy atom. The fourth-order valence-corrected chi connectivity index (χ4v) is 1.33. The number of benzene rings is 1. The van der Waals surface area contributed by atoms with Crippen LogP contribution in [0.25, 0.3) is 0 Å². The molecule has 1 aromatic carbocycles. The van der Waals surface area contributed by atoms with E-state index in [1.54, 1.807) is 0 Å². The summed E-state index contributed by atoms with van der Waals surface area (Å²) in [6.45, 7) is -0.317. The quantitative estimate of drug-likeness (QED) is 0.617. The number of alkyl halides is 2. The van der Waals surface area contributed by atoms with Crippen LogP contribution in [-0.4, -0.2) is 17.9 Å². The van der Waals surface area contributed by atoms with Crippen LogP contribution in [0.1, 0.15) is 11.5 Å². The molecule has 0 aliphatic carbocycles. The van der Waals surface area contributed by atoms with Crippen molar-refractivity contribution in [3.63, 3.8) is 0 Å². The van der Waals surface area contributed by atoms with Crippen molar-refractivity contribution in [3.05, 3.63) is 39.9 Å². The zero-order chi connectivity index (χ0) is 11.4. The van der Waals surface area contributed by atoms with Crippen molar-refractivity contribution in [1.82, 2.24) is 0 Å². The average molecular weight is 216 g/mol. The second-order valence-corrected chi connectivity index (χ2v) is 2.99. The molecule has 1 unspecified atom stereocenters. The second kappa shape index (κ2) is 4.79. The van der Waals surface area contributed by atoms with Crippen LogP contribution in [0.4, 0.5) is 14.5 Å². The molecular formula is C9H10F2N2O2. The van der Waals surface area contributed by atoms with Crippen molar-refractivity contribution in [3.8, 4) is 0 Å². The Hall–Kier alpha value is -1.56. The van der Waals surface area contributed by atoms with Crippen LogP contribution < -0.4 is 5.73 Å². The minimum absolute atomic E-state index is 0.0139. The molecule has 0 bridgehead atoms. The number of nitrogens with two attached hydrogens (primary N) is 1. The number of hydrogen-bond donors (Lipinski definition) is 1. The maximum absolute atomic E-state index is 12.5. The number of nitrogens with zero attached hydrogens (tertiary/aromatic N) is 1. The summed E-state index contributed by atoms with van der Waals surface area (Å²) in [6.07, 6.45) is -2.70. The summed E-state index contributed by atoms with van der Waals surface area (Å²) < 4.78 is 25.1. The molecule has 0 aliphatic heterocycles. The summed E-state index contributed by atoms with van der Waals surface area (Å²) in [5.41, 5.74) is 4.85. The van der Waals surface area contributed by atoms with Gasteiger partial charge in [-0.15, -0.1) is 0 Å². The van der Waals surface area contributed by atoms with Crippen LogP contribution >= 0.6 is 0 Å². The van der Waals surface area contributed by atoms with Crippen molar-refractivity contribution in [1.29, 1.82) is 0 Å². The zero-order valence-electron chi connectivity index (χ0n) is 7.77. The number of rotatable bonds is 4. The van der Waals surface area contributed by atoms with Gasteiger partial charge in [-0.05, 0) is 0 Å². The third-order valence-corrected chi connectivity index (χ3v) is 2.09. The van der Waals surface area contributed by atoms with Gasteiger partial charge in [-0.25, -0.2) is 8.78 Å². The van der Waals surface area contributed by atoms with E-state index in [1.165, 1.54) is 24.3 Å². The summed E-state index contributed by atoms with van der Waals surface area (Å²) in [5.74, 6) is -1.29. The number of halogens is 2. The Morgan fingerprint density at radius 3 is 2.47 bits per heavy atom. The standard InChI is InChI=1S/C9H10F2N2O2/c10-9(11)7(5-12)6-3-1-2-4-8(6)13(14)15/h1-4,7,9H,5,12H2. The van der Waals surface area contributed by atoms with E-state index < -0.39 is 17.3 Å². The van der Waals surface area contributed by atoms with E-state index in [1.807, 2.05) is 0 Å². The highest BCUT2D eigenvalue weighted by molar-refractivity contribution is 5.42. The van der Waals surface area contributed by atoms with Crippen molar-refractivity contribution < 1.29 is 13.7 Å². The molecule has 0 fully saturated rings. The van der Waals surface area contributed by atoms with Gasteiger partial charge in [-0.2, -0.15) is 0 Å². The predicted octanol–water partition coefficient (Wildman–Crippen LogP) is 1.90. The van der Waals surface area contributed by atoms with Crippen LogP contribution in [0.2, 0.25) is 0 Å². The van der Waals surface area contributed by atoms with Crippen LogP contribution in [0.3, 0.4) is 0 Å². The van der Waals surface area contributed by atoms with E-state index in [9.17, 15) is 18.9 Å². The van der Waals surface area contributed by atoms with E-state index in [0.29, 0.717) is 0 Å². The molecule has 0 heterocycles. The average Bonchev–Trinajstić information content (AvgIpc) is 2.18. The van der Waals surface area contributed by atoms with Gasteiger partial charge >= 0.3 is 0 Å². The van der Waals surface area contributed by atoms with Crippen LogP contribution in [0.5, 0.6) is 0 Å². The lowest BCUT2D eigenvalue weighted by molar-refractivity contribution is -0.385. The number of nitro groups is 1. The van der Waals surface area contributed by atoms with E-state index in [-0.39, 0.29) is 17.8 Å². The van der Waals surface area contributed by atoms with Gasteiger partial charge in [0.25, 0.3) is 5.69 Å². The molecule has 0 aromatic heterocycles. The van der Waals surface area contributed by atoms with E-state index in [4.69, 9.17) is 5.73 Å². The highest BCUT2D eigenvalue weighted by atomic mass is 19.3. The first kappa shape index (κ1) is 11.5. The van der Waals surface area contributed by atoms with Crippen molar-refractivity contribution in [2.24, 2.45) is 5.73 Å². The molecule has 4 nitrogen and oxygen atoms in total. The topological polar surface area (TPSA) is 69.2 Å². The smallest absolute Gasteiger partial charge is 0.273 e. The van der Waals surface area contributed by atoms with Gasteiger partial charge in [-0.3, -0.25) is 10.1 Å². The van der Waals surface area contributed by atoms with Crippen molar-refractivity contribution in [2.75, 3.05) is 6.54 Å². The van der Waals surface area contributed by atoms with Gasteiger partial charge in [0.1, 0.15) is 0 Å². The Balaban J connectivity index is 3.16. The minimum atomic E-state index is -2.70. The molecule has 1 aromatic rings.